The molecular formula is C19H18FN3O. The molecule has 0 saturated carbocycles. The average Bonchev–Trinajstić information content (AvgIpc) is 3.06. The molecule has 0 saturated heterocycles. The lowest BCUT2D eigenvalue weighted by Gasteiger charge is -2.16. The van der Waals surface area contributed by atoms with Crippen molar-refractivity contribution in [3.05, 3.63) is 83.4 Å². The number of carbonyl (C=O) groups is 1. The second-order valence-corrected chi connectivity index (χ2v) is 5.74. The van der Waals surface area contributed by atoms with E-state index in [1.165, 1.54) is 16.3 Å². The molecule has 24 heavy (non-hydrogen) atoms. The fourth-order valence-corrected chi connectivity index (χ4v) is 2.44. The Hall–Kier alpha value is -2.95. The van der Waals surface area contributed by atoms with E-state index in [9.17, 15) is 9.18 Å². The van der Waals surface area contributed by atoms with Crippen molar-refractivity contribution in [3.8, 4) is 5.69 Å². The van der Waals surface area contributed by atoms with Crippen LogP contribution in [0, 0.1) is 12.7 Å². The lowest BCUT2D eigenvalue weighted by molar-refractivity contribution is 0.0779. The minimum absolute atomic E-state index is 0.203. The van der Waals surface area contributed by atoms with Gasteiger partial charge in [0.2, 0.25) is 0 Å². The van der Waals surface area contributed by atoms with Gasteiger partial charge >= 0.3 is 0 Å². The topological polar surface area (TPSA) is 38.1 Å². The standard InChI is InChI=1S/C19H18FN3O/c1-14-7-9-15(10-8-14)13-22(2)19(24)17-11-12-23(21-17)18-6-4-3-5-16(18)20/h3-12H,13H2,1-2H3. The number of benzene rings is 2. The molecule has 0 N–H and O–H groups in total. The molecule has 0 aliphatic carbocycles. The van der Waals surface area contributed by atoms with E-state index in [1.54, 1.807) is 42.4 Å². The zero-order chi connectivity index (χ0) is 17.1. The van der Waals surface area contributed by atoms with Crippen molar-refractivity contribution >= 4 is 5.91 Å². The normalized spacial score (nSPS) is 10.6. The molecule has 0 bridgehead atoms. The number of hydrogen-bond acceptors (Lipinski definition) is 2. The van der Waals surface area contributed by atoms with Crippen molar-refractivity contribution in [1.29, 1.82) is 0 Å². The number of carbonyl (C=O) groups excluding carboxylic acids is 1. The van der Waals surface area contributed by atoms with Crippen LogP contribution >= 0.6 is 0 Å². The lowest BCUT2D eigenvalue weighted by Crippen LogP contribution is -2.26. The molecule has 2 aromatic carbocycles. The molecule has 3 rings (SSSR count). The highest BCUT2D eigenvalue weighted by Crippen LogP contribution is 2.13. The van der Waals surface area contributed by atoms with Crippen LogP contribution in [0.4, 0.5) is 4.39 Å². The van der Waals surface area contributed by atoms with Crippen LogP contribution in [-0.2, 0) is 6.54 Å². The summed E-state index contributed by atoms with van der Waals surface area (Å²) in [6.45, 7) is 2.51. The van der Waals surface area contributed by atoms with Crippen LogP contribution in [0.15, 0.2) is 60.8 Å². The first-order chi connectivity index (χ1) is 11.5. The molecule has 1 amide bonds. The molecule has 0 radical (unpaired) electrons. The molecule has 0 aliphatic heterocycles. The minimum atomic E-state index is -0.382. The molecule has 0 spiro atoms. The minimum Gasteiger partial charge on any atom is -0.336 e. The zero-order valence-corrected chi connectivity index (χ0v) is 13.6. The molecule has 1 aromatic heterocycles. The lowest BCUT2D eigenvalue weighted by atomic mass is 10.1. The number of halogens is 1. The number of para-hydroxylation sites is 1. The van der Waals surface area contributed by atoms with E-state index in [4.69, 9.17) is 0 Å². The summed E-state index contributed by atoms with van der Waals surface area (Å²) in [4.78, 5) is 14.1. The third-order valence-electron chi connectivity index (χ3n) is 3.79. The highest BCUT2D eigenvalue weighted by Gasteiger charge is 2.16. The summed E-state index contributed by atoms with van der Waals surface area (Å²) in [5.41, 5.74) is 2.83. The molecule has 5 heteroatoms. The molecule has 4 nitrogen and oxygen atoms in total. The zero-order valence-electron chi connectivity index (χ0n) is 13.6. The summed E-state index contributed by atoms with van der Waals surface area (Å²) < 4.78 is 15.2. The third-order valence-corrected chi connectivity index (χ3v) is 3.79. The molecule has 0 unspecified atom stereocenters. The quantitative estimate of drug-likeness (QED) is 0.736. The maximum Gasteiger partial charge on any atom is 0.274 e. The number of nitrogens with zero attached hydrogens (tertiary/aromatic N) is 3. The van der Waals surface area contributed by atoms with Crippen LogP contribution in [0.1, 0.15) is 21.6 Å². The van der Waals surface area contributed by atoms with Crippen molar-refractivity contribution in [1.82, 2.24) is 14.7 Å². The van der Waals surface area contributed by atoms with Crippen LogP contribution in [0.25, 0.3) is 5.69 Å². The van der Waals surface area contributed by atoms with Gasteiger partial charge in [-0.3, -0.25) is 4.79 Å². The van der Waals surface area contributed by atoms with Gasteiger partial charge in [0.15, 0.2) is 5.69 Å². The molecule has 122 valence electrons. The highest BCUT2D eigenvalue weighted by molar-refractivity contribution is 5.92. The first-order valence-electron chi connectivity index (χ1n) is 7.66. The molecule has 0 atom stereocenters. The summed E-state index contributed by atoms with van der Waals surface area (Å²) in [5, 5.41) is 4.20. The van der Waals surface area contributed by atoms with Gasteiger partial charge in [0, 0.05) is 19.8 Å². The Labute approximate surface area is 140 Å². The number of rotatable bonds is 4. The van der Waals surface area contributed by atoms with Gasteiger partial charge in [0.25, 0.3) is 5.91 Å². The molecule has 1 heterocycles. The maximum atomic E-state index is 13.8. The largest absolute Gasteiger partial charge is 0.336 e. The summed E-state index contributed by atoms with van der Waals surface area (Å²) in [6, 6.07) is 15.9. The van der Waals surface area contributed by atoms with Gasteiger partial charge in [-0.25, -0.2) is 9.07 Å². The van der Waals surface area contributed by atoms with Crippen LogP contribution in [0.2, 0.25) is 0 Å². The predicted octanol–water partition coefficient (Wildman–Crippen LogP) is 3.59. The van der Waals surface area contributed by atoms with E-state index in [0.29, 0.717) is 12.2 Å². The average molecular weight is 323 g/mol. The summed E-state index contributed by atoms with van der Waals surface area (Å²) in [5.74, 6) is -0.585. The van der Waals surface area contributed by atoms with E-state index in [-0.39, 0.29) is 17.4 Å². The van der Waals surface area contributed by atoms with Gasteiger partial charge in [-0.2, -0.15) is 5.10 Å². The maximum absolute atomic E-state index is 13.8. The fourth-order valence-electron chi connectivity index (χ4n) is 2.44. The molecule has 0 fully saturated rings. The van der Waals surface area contributed by atoms with Gasteiger partial charge in [-0.05, 0) is 30.7 Å². The second-order valence-electron chi connectivity index (χ2n) is 5.74. The summed E-state index contributed by atoms with van der Waals surface area (Å²) in [7, 11) is 1.73. The van der Waals surface area contributed by atoms with Crippen molar-refractivity contribution in [2.24, 2.45) is 0 Å². The third kappa shape index (κ3) is 3.35. The van der Waals surface area contributed by atoms with E-state index in [1.807, 2.05) is 31.2 Å². The van der Waals surface area contributed by atoms with Crippen molar-refractivity contribution in [3.63, 3.8) is 0 Å². The van der Waals surface area contributed by atoms with Gasteiger partial charge in [0.1, 0.15) is 11.5 Å². The smallest absolute Gasteiger partial charge is 0.274 e. The SMILES string of the molecule is Cc1ccc(CN(C)C(=O)c2ccn(-c3ccccc3F)n2)cc1. The number of amides is 1. The van der Waals surface area contributed by atoms with Crippen LogP contribution in [0.3, 0.4) is 0 Å². The first kappa shape index (κ1) is 15.9. The van der Waals surface area contributed by atoms with Crippen molar-refractivity contribution < 1.29 is 9.18 Å². The number of hydrogen-bond donors (Lipinski definition) is 0. The Balaban J connectivity index is 1.76. The van der Waals surface area contributed by atoms with E-state index >= 15 is 0 Å². The first-order valence-corrected chi connectivity index (χ1v) is 7.66. The fraction of sp³-hybridized carbons (Fsp3) is 0.158. The van der Waals surface area contributed by atoms with Gasteiger partial charge < -0.3 is 4.90 Å². The van der Waals surface area contributed by atoms with Crippen LogP contribution < -0.4 is 0 Å². The summed E-state index contributed by atoms with van der Waals surface area (Å²) >= 11 is 0. The van der Waals surface area contributed by atoms with E-state index < -0.39 is 0 Å². The Kier molecular flexibility index (Phi) is 4.42. The number of aryl methyl sites for hydroxylation is 1. The summed E-state index contributed by atoms with van der Waals surface area (Å²) in [6.07, 6.45) is 1.59. The highest BCUT2D eigenvalue weighted by atomic mass is 19.1. The van der Waals surface area contributed by atoms with Crippen LogP contribution in [0.5, 0.6) is 0 Å². The van der Waals surface area contributed by atoms with Gasteiger partial charge in [-0.15, -0.1) is 0 Å². The Bertz CT molecular complexity index is 855. The van der Waals surface area contributed by atoms with Gasteiger partial charge in [0.05, 0.1) is 0 Å². The Morgan fingerprint density at radius 2 is 1.83 bits per heavy atom. The molecular weight excluding hydrogens is 305 g/mol. The Morgan fingerprint density at radius 3 is 2.54 bits per heavy atom. The van der Waals surface area contributed by atoms with Gasteiger partial charge in [-0.1, -0.05) is 42.0 Å². The Morgan fingerprint density at radius 1 is 1.12 bits per heavy atom. The molecule has 3 aromatic rings. The second kappa shape index (κ2) is 6.66. The molecule has 0 aliphatic rings. The number of aromatic nitrogens is 2. The van der Waals surface area contributed by atoms with E-state index in [0.717, 1.165) is 5.56 Å². The van der Waals surface area contributed by atoms with Crippen molar-refractivity contribution in [2.45, 2.75) is 13.5 Å². The van der Waals surface area contributed by atoms with Crippen LogP contribution in [-0.4, -0.2) is 27.6 Å². The van der Waals surface area contributed by atoms with Crippen molar-refractivity contribution in [2.75, 3.05) is 7.05 Å². The van der Waals surface area contributed by atoms with E-state index in [2.05, 4.69) is 5.10 Å². The predicted molar refractivity (Wildman–Crippen MR) is 90.5 cm³/mol. The monoisotopic (exact) mass is 323 g/mol.